The molecule has 0 spiro atoms. The summed E-state index contributed by atoms with van der Waals surface area (Å²) in [6, 6.07) is 15.2. The molecule has 0 atom stereocenters. The van der Waals surface area contributed by atoms with E-state index < -0.39 is 17.6 Å². The second-order valence-corrected chi connectivity index (χ2v) is 11.2. The molecule has 188 valence electrons. The van der Waals surface area contributed by atoms with Gasteiger partial charge in [-0.3, -0.25) is 0 Å². The first-order valence-corrected chi connectivity index (χ1v) is 13.0. The summed E-state index contributed by atoms with van der Waals surface area (Å²) >= 11 is 1.37. The fourth-order valence-electron chi connectivity index (χ4n) is 4.95. The van der Waals surface area contributed by atoms with Crippen LogP contribution in [0.1, 0.15) is 46.0 Å². The van der Waals surface area contributed by atoms with Crippen molar-refractivity contribution >= 4 is 23.6 Å². The Bertz CT molecular complexity index is 1250. The highest BCUT2D eigenvalue weighted by Crippen LogP contribution is 2.40. The Morgan fingerprint density at radius 2 is 1.67 bits per heavy atom. The number of aromatic carboxylic acids is 1. The van der Waals surface area contributed by atoms with Crippen LogP contribution in [-0.2, 0) is 30.4 Å². The highest BCUT2D eigenvalue weighted by molar-refractivity contribution is 8.00. The van der Waals surface area contributed by atoms with Gasteiger partial charge in [0.2, 0.25) is 0 Å². The molecule has 2 aliphatic rings. The Hall–Kier alpha value is -2.90. The van der Waals surface area contributed by atoms with E-state index in [-0.39, 0.29) is 11.0 Å². The standard InChI is InChI=1S/C29H29F2NO3S/c1-29(17-35-18-29)16-32(36-26-14-24(30)13-25(31)15-26)27-12-22-4-2-3-21(22)11-23(27)10-7-19-5-8-20(9-6-19)28(33)34/h5-6,8-9,11-15H,2-4,7,10,16-18H2,1H3,(H,33,34). The van der Waals surface area contributed by atoms with Crippen molar-refractivity contribution in [2.24, 2.45) is 5.41 Å². The third-order valence-corrected chi connectivity index (χ3v) is 7.92. The van der Waals surface area contributed by atoms with E-state index in [1.807, 2.05) is 12.1 Å². The average Bonchev–Trinajstić information content (AvgIpc) is 3.28. The molecule has 0 amide bonds. The van der Waals surface area contributed by atoms with Crippen molar-refractivity contribution in [3.63, 3.8) is 0 Å². The Kier molecular flexibility index (Phi) is 7.04. The van der Waals surface area contributed by atoms with Gasteiger partial charge in [0.25, 0.3) is 0 Å². The number of fused-ring (bicyclic) bond motifs is 1. The molecule has 3 aromatic rings. The number of halogens is 2. The van der Waals surface area contributed by atoms with Gasteiger partial charge in [-0.15, -0.1) is 0 Å². The molecule has 0 radical (unpaired) electrons. The molecular weight excluding hydrogens is 480 g/mol. The van der Waals surface area contributed by atoms with E-state index in [2.05, 4.69) is 23.4 Å². The molecule has 7 heteroatoms. The molecule has 36 heavy (non-hydrogen) atoms. The van der Waals surface area contributed by atoms with Gasteiger partial charge in [-0.2, -0.15) is 0 Å². The molecule has 0 aromatic heterocycles. The van der Waals surface area contributed by atoms with E-state index in [1.54, 1.807) is 12.1 Å². The fourth-order valence-corrected chi connectivity index (χ4v) is 6.18. The average molecular weight is 510 g/mol. The summed E-state index contributed by atoms with van der Waals surface area (Å²) in [5.41, 5.74) is 6.27. The largest absolute Gasteiger partial charge is 0.478 e. The van der Waals surface area contributed by atoms with Crippen LogP contribution in [0.25, 0.3) is 0 Å². The lowest BCUT2D eigenvalue weighted by Gasteiger charge is -2.42. The second-order valence-electron chi connectivity index (χ2n) is 10.1. The smallest absolute Gasteiger partial charge is 0.335 e. The maximum Gasteiger partial charge on any atom is 0.335 e. The molecule has 3 aromatic carbocycles. The van der Waals surface area contributed by atoms with Crippen LogP contribution in [0.15, 0.2) is 59.5 Å². The lowest BCUT2D eigenvalue weighted by molar-refractivity contribution is -0.0939. The lowest BCUT2D eigenvalue weighted by atomic mass is 9.88. The zero-order valence-electron chi connectivity index (χ0n) is 20.2. The first-order chi connectivity index (χ1) is 17.3. The minimum atomic E-state index is -0.933. The van der Waals surface area contributed by atoms with Gasteiger partial charge in [0.15, 0.2) is 0 Å². The number of hydrogen-bond donors (Lipinski definition) is 1. The maximum absolute atomic E-state index is 14.0. The number of carboxylic acid groups (broad SMARTS) is 1. The van der Waals surface area contributed by atoms with Crippen molar-refractivity contribution < 1.29 is 23.4 Å². The molecule has 1 N–H and O–H groups in total. The van der Waals surface area contributed by atoms with Gasteiger partial charge in [0, 0.05) is 22.9 Å². The van der Waals surface area contributed by atoms with Gasteiger partial charge in [-0.05, 0) is 96.6 Å². The van der Waals surface area contributed by atoms with E-state index in [1.165, 1.54) is 40.8 Å². The normalized spacial score (nSPS) is 15.9. The predicted octanol–water partition coefficient (Wildman–Crippen LogP) is 6.49. The highest BCUT2D eigenvalue weighted by Gasteiger charge is 2.36. The summed E-state index contributed by atoms with van der Waals surface area (Å²) in [7, 11) is 0. The molecule has 1 saturated heterocycles. The Morgan fingerprint density at radius 1 is 1.00 bits per heavy atom. The van der Waals surface area contributed by atoms with Gasteiger partial charge in [0.1, 0.15) is 11.6 Å². The monoisotopic (exact) mass is 509 g/mol. The topological polar surface area (TPSA) is 49.8 Å². The van der Waals surface area contributed by atoms with E-state index in [9.17, 15) is 18.7 Å². The van der Waals surface area contributed by atoms with Crippen LogP contribution in [0.5, 0.6) is 0 Å². The number of ether oxygens (including phenoxy) is 1. The predicted molar refractivity (Wildman–Crippen MR) is 138 cm³/mol. The third kappa shape index (κ3) is 5.57. The molecule has 0 unspecified atom stereocenters. The van der Waals surface area contributed by atoms with E-state index >= 15 is 0 Å². The van der Waals surface area contributed by atoms with Crippen molar-refractivity contribution in [3.8, 4) is 0 Å². The molecule has 5 rings (SSSR count). The fraction of sp³-hybridized carbons (Fsp3) is 0.345. The molecule has 0 bridgehead atoms. The summed E-state index contributed by atoms with van der Waals surface area (Å²) < 4.78 is 35.7. The molecule has 0 saturated carbocycles. The number of aryl methyl sites for hydroxylation is 4. The highest BCUT2D eigenvalue weighted by atomic mass is 32.2. The molecule has 1 aliphatic heterocycles. The summed E-state index contributed by atoms with van der Waals surface area (Å²) in [5.74, 6) is -2.11. The minimum Gasteiger partial charge on any atom is -0.478 e. The Balaban J connectivity index is 1.47. The van der Waals surface area contributed by atoms with E-state index in [0.29, 0.717) is 24.7 Å². The van der Waals surface area contributed by atoms with Gasteiger partial charge in [-0.1, -0.05) is 25.1 Å². The number of carboxylic acids is 1. The number of anilines is 1. The number of rotatable bonds is 9. The maximum atomic E-state index is 14.0. The van der Waals surface area contributed by atoms with Crippen LogP contribution in [-0.4, -0.2) is 30.8 Å². The van der Waals surface area contributed by atoms with Crippen molar-refractivity contribution in [2.45, 2.75) is 43.9 Å². The van der Waals surface area contributed by atoms with Crippen LogP contribution in [0.4, 0.5) is 14.5 Å². The number of benzene rings is 3. The van der Waals surface area contributed by atoms with Crippen molar-refractivity contribution in [3.05, 3.63) is 94.0 Å². The zero-order valence-corrected chi connectivity index (χ0v) is 21.0. The van der Waals surface area contributed by atoms with Crippen molar-refractivity contribution in [2.75, 3.05) is 24.1 Å². The molecule has 1 fully saturated rings. The molecule has 1 aliphatic carbocycles. The minimum absolute atomic E-state index is 0.0399. The summed E-state index contributed by atoms with van der Waals surface area (Å²) in [6.07, 6.45) is 4.76. The first-order valence-electron chi connectivity index (χ1n) is 12.2. The summed E-state index contributed by atoms with van der Waals surface area (Å²) in [5, 5.41) is 9.18. The van der Waals surface area contributed by atoms with Crippen molar-refractivity contribution in [1.82, 2.24) is 0 Å². The van der Waals surface area contributed by atoms with Crippen molar-refractivity contribution in [1.29, 1.82) is 0 Å². The van der Waals surface area contributed by atoms with Gasteiger partial charge >= 0.3 is 5.97 Å². The van der Waals surface area contributed by atoms with Crippen LogP contribution < -0.4 is 4.31 Å². The van der Waals surface area contributed by atoms with Gasteiger partial charge < -0.3 is 14.1 Å². The van der Waals surface area contributed by atoms with Crippen LogP contribution in [0.2, 0.25) is 0 Å². The third-order valence-electron chi connectivity index (χ3n) is 6.92. The molecule has 1 heterocycles. The van der Waals surface area contributed by atoms with Gasteiger partial charge in [-0.25, -0.2) is 13.6 Å². The van der Waals surface area contributed by atoms with E-state index in [4.69, 9.17) is 4.74 Å². The zero-order chi connectivity index (χ0) is 25.3. The number of carbonyl (C=O) groups is 1. The number of nitrogens with zero attached hydrogens (tertiary/aromatic N) is 1. The Morgan fingerprint density at radius 3 is 2.28 bits per heavy atom. The quantitative estimate of drug-likeness (QED) is 0.334. The lowest BCUT2D eigenvalue weighted by Crippen LogP contribution is -2.47. The van der Waals surface area contributed by atoms with Crippen LogP contribution in [0, 0.1) is 17.0 Å². The van der Waals surface area contributed by atoms with Gasteiger partial charge in [0.05, 0.1) is 24.5 Å². The summed E-state index contributed by atoms with van der Waals surface area (Å²) in [4.78, 5) is 11.7. The SMILES string of the molecule is CC1(CN(Sc2cc(F)cc(F)c2)c2cc3c(cc2CCc2ccc(C(=O)O)cc2)CCC3)COC1. The van der Waals surface area contributed by atoms with E-state index in [0.717, 1.165) is 49.4 Å². The second kappa shape index (κ2) is 10.2. The molecule has 4 nitrogen and oxygen atoms in total. The first kappa shape index (κ1) is 24.8. The summed E-state index contributed by atoms with van der Waals surface area (Å²) in [6.45, 7) is 4.16. The number of hydrogen-bond acceptors (Lipinski definition) is 4. The molecular formula is C29H29F2NO3S. The van der Waals surface area contributed by atoms with Crippen LogP contribution in [0.3, 0.4) is 0 Å². The Labute approximate surface area is 214 Å². The van der Waals surface area contributed by atoms with Crippen LogP contribution >= 0.6 is 11.9 Å².